The molecule has 1 aromatic heterocycles. The fraction of sp³-hybridized carbons (Fsp3) is 0.310. The number of benzene rings is 2. The Morgan fingerprint density at radius 3 is 2.49 bits per heavy atom. The number of carbonyl (C=O) groups is 4. The van der Waals surface area contributed by atoms with Crippen LogP contribution in [0.4, 0.5) is 10.5 Å². The molecule has 3 unspecified atom stereocenters. The summed E-state index contributed by atoms with van der Waals surface area (Å²) in [6.45, 7) is 0.111. The van der Waals surface area contributed by atoms with E-state index in [1.165, 1.54) is 4.90 Å². The molecule has 1 fully saturated rings. The van der Waals surface area contributed by atoms with E-state index in [1.807, 2.05) is 24.5 Å². The highest BCUT2D eigenvalue weighted by atomic mass is 32.2. The molecule has 1 aliphatic rings. The van der Waals surface area contributed by atoms with Crippen molar-refractivity contribution in [3.63, 3.8) is 0 Å². The standard InChI is InChI=1S/C29H34N6O5S/c1-34-13-5-8-24(34)28(38)35-17-20(32-29(39)31-19-6-4-7-22(15-19)41-3)16-25(35)27(37)33-23(26(30)36)14-18-9-11-21(40-2)12-10-18/h4-13,15,20,23,25H,14,16-17H2,1-3H3,(H2,30,36)(H,33,37)(H2,31,32,39). The van der Waals surface area contributed by atoms with Gasteiger partial charge in [-0.2, -0.15) is 0 Å². The monoisotopic (exact) mass is 578 g/mol. The molecule has 12 heteroatoms. The van der Waals surface area contributed by atoms with E-state index in [9.17, 15) is 19.2 Å². The molecular formula is C29H34N6O5S. The van der Waals surface area contributed by atoms with Gasteiger partial charge in [-0.15, -0.1) is 11.8 Å². The first-order chi connectivity index (χ1) is 19.7. The van der Waals surface area contributed by atoms with Crippen LogP contribution in [0.15, 0.2) is 71.8 Å². The van der Waals surface area contributed by atoms with Crippen LogP contribution in [0.1, 0.15) is 22.5 Å². The van der Waals surface area contributed by atoms with E-state index >= 15 is 0 Å². The summed E-state index contributed by atoms with van der Waals surface area (Å²) in [5.41, 5.74) is 7.44. The summed E-state index contributed by atoms with van der Waals surface area (Å²) >= 11 is 1.56. The Balaban J connectivity index is 1.49. The van der Waals surface area contributed by atoms with Gasteiger partial charge in [0.05, 0.1) is 13.2 Å². The summed E-state index contributed by atoms with van der Waals surface area (Å²) in [5, 5.41) is 8.42. The van der Waals surface area contributed by atoms with Gasteiger partial charge in [-0.25, -0.2) is 4.79 Å². The molecule has 5 amide bonds. The Kier molecular flexibility index (Phi) is 9.56. The average Bonchev–Trinajstić information content (AvgIpc) is 3.58. The van der Waals surface area contributed by atoms with Crippen molar-refractivity contribution in [1.29, 1.82) is 0 Å². The average molecular weight is 579 g/mol. The maximum absolute atomic E-state index is 13.5. The number of anilines is 1. The molecule has 216 valence electrons. The van der Waals surface area contributed by atoms with Crippen molar-refractivity contribution in [2.45, 2.75) is 35.9 Å². The highest BCUT2D eigenvalue weighted by Gasteiger charge is 2.42. The zero-order chi connectivity index (χ0) is 29.5. The molecule has 2 heterocycles. The second kappa shape index (κ2) is 13.3. The lowest BCUT2D eigenvalue weighted by molar-refractivity contribution is -0.129. The minimum atomic E-state index is -0.998. The molecule has 0 aliphatic carbocycles. The van der Waals surface area contributed by atoms with Gasteiger partial charge in [0.2, 0.25) is 11.8 Å². The maximum Gasteiger partial charge on any atom is 0.319 e. The normalized spacial score (nSPS) is 17.0. The summed E-state index contributed by atoms with van der Waals surface area (Å²) in [4.78, 5) is 54.6. The number of nitrogens with one attached hydrogen (secondary N) is 3. The van der Waals surface area contributed by atoms with Gasteiger partial charge < -0.3 is 35.9 Å². The number of rotatable bonds is 10. The van der Waals surface area contributed by atoms with E-state index in [0.29, 0.717) is 17.1 Å². The molecule has 0 radical (unpaired) electrons. The second-order valence-electron chi connectivity index (χ2n) is 9.76. The van der Waals surface area contributed by atoms with E-state index < -0.39 is 36.0 Å². The number of aryl methyl sites for hydroxylation is 1. The van der Waals surface area contributed by atoms with Gasteiger partial charge >= 0.3 is 6.03 Å². The number of primary amides is 1. The number of nitrogens with zero attached hydrogens (tertiary/aromatic N) is 2. The number of likely N-dealkylation sites (tertiary alicyclic amines) is 1. The number of ether oxygens (including phenoxy) is 1. The van der Waals surface area contributed by atoms with Crippen LogP contribution in [-0.2, 0) is 23.1 Å². The van der Waals surface area contributed by atoms with Crippen molar-refractivity contribution < 1.29 is 23.9 Å². The van der Waals surface area contributed by atoms with E-state index in [1.54, 1.807) is 79.1 Å². The molecule has 4 rings (SSSR count). The minimum Gasteiger partial charge on any atom is -0.497 e. The number of thioether (sulfide) groups is 1. The number of aromatic nitrogens is 1. The quantitative estimate of drug-likeness (QED) is 0.272. The zero-order valence-electron chi connectivity index (χ0n) is 23.1. The van der Waals surface area contributed by atoms with Gasteiger partial charge in [-0.3, -0.25) is 14.4 Å². The van der Waals surface area contributed by atoms with Gasteiger partial charge in [0.25, 0.3) is 5.91 Å². The van der Waals surface area contributed by atoms with Crippen LogP contribution < -0.4 is 26.4 Å². The molecule has 11 nitrogen and oxygen atoms in total. The Morgan fingerprint density at radius 2 is 1.85 bits per heavy atom. The second-order valence-corrected chi connectivity index (χ2v) is 10.6. The Hall–Kier alpha value is -4.45. The number of nitrogens with two attached hydrogens (primary N) is 1. The smallest absolute Gasteiger partial charge is 0.319 e. The Bertz CT molecular complexity index is 1410. The van der Waals surface area contributed by atoms with Gasteiger partial charge in [-0.05, 0) is 60.7 Å². The Labute approximate surface area is 242 Å². The van der Waals surface area contributed by atoms with Crippen LogP contribution in [0.25, 0.3) is 0 Å². The van der Waals surface area contributed by atoms with Gasteiger partial charge in [0.15, 0.2) is 0 Å². The molecule has 1 aliphatic heterocycles. The van der Waals surface area contributed by atoms with Crippen molar-refractivity contribution in [2.24, 2.45) is 12.8 Å². The number of amides is 5. The summed E-state index contributed by atoms with van der Waals surface area (Å²) < 4.78 is 6.84. The van der Waals surface area contributed by atoms with Crippen LogP contribution >= 0.6 is 11.8 Å². The molecule has 0 bridgehead atoms. The minimum absolute atomic E-state index is 0.111. The summed E-state index contributed by atoms with van der Waals surface area (Å²) in [6, 6.07) is 15.0. The highest BCUT2D eigenvalue weighted by Crippen LogP contribution is 2.23. The molecule has 2 aromatic carbocycles. The van der Waals surface area contributed by atoms with E-state index in [2.05, 4.69) is 16.0 Å². The molecule has 5 N–H and O–H groups in total. The molecule has 3 aromatic rings. The van der Waals surface area contributed by atoms with Crippen molar-refractivity contribution in [3.05, 3.63) is 78.1 Å². The first kappa shape index (κ1) is 29.5. The van der Waals surface area contributed by atoms with Gasteiger partial charge in [0.1, 0.15) is 23.5 Å². The maximum atomic E-state index is 13.5. The molecule has 0 spiro atoms. The lowest BCUT2D eigenvalue weighted by atomic mass is 10.0. The van der Waals surface area contributed by atoms with Crippen LogP contribution in [-0.4, -0.2) is 71.3 Å². The van der Waals surface area contributed by atoms with Crippen molar-refractivity contribution in [2.75, 3.05) is 25.2 Å². The first-order valence-corrected chi connectivity index (χ1v) is 14.3. The van der Waals surface area contributed by atoms with E-state index in [4.69, 9.17) is 10.5 Å². The number of methoxy groups -OCH3 is 1. The molecule has 41 heavy (non-hydrogen) atoms. The fourth-order valence-electron chi connectivity index (χ4n) is 4.79. The third kappa shape index (κ3) is 7.40. The van der Waals surface area contributed by atoms with Crippen molar-refractivity contribution in [3.8, 4) is 5.75 Å². The van der Waals surface area contributed by atoms with Gasteiger partial charge in [-0.1, -0.05) is 18.2 Å². The van der Waals surface area contributed by atoms with Crippen LogP contribution in [0.2, 0.25) is 0 Å². The van der Waals surface area contributed by atoms with Crippen LogP contribution in [0.5, 0.6) is 5.75 Å². The Morgan fingerprint density at radius 1 is 1.10 bits per heavy atom. The van der Waals surface area contributed by atoms with Gasteiger partial charge in [0, 0.05) is 36.8 Å². The number of hydrogen-bond acceptors (Lipinski definition) is 6. The molecule has 0 saturated carbocycles. The fourth-order valence-corrected chi connectivity index (χ4v) is 5.24. The summed E-state index contributed by atoms with van der Waals surface area (Å²) in [5.74, 6) is -0.925. The van der Waals surface area contributed by atoms with Crippen molar-refractivity contribution in [1.82, 2.24) is 20.1 Å². The number of urea groups is 1. The number of hydrogen-bond donors (Lipinski definition) is 4. The SMILES string of the molecule is COc1ccc(CC(NC(=O)C2CC(NC(=O)Nc3cccc(SC)c3)CN2C(=O)c2cccn2C)C(N)=O)cc1. The zero-order valence-corrected chi connectivity index (χ0v) is 23.9. The third-order valence-corrected chi connectivity index (χ3v) is 7.67. The first-order valence-electron chi connectivity index (χ1n) is 13.0. The van der Waals surface area contributed by atoms with Crippen LogP contribution in [0.3, 0.4) is 0 Å². The lowest BCUT2D eigenvalue weighted by Gasteiger charge is -2.26. The predicted octanol–water partition coefficient (Wildman–Crippen LogP) is 2.37. The van der Waals surface area contributed by atoms with Crippen LogP contribution in [0, 0.1) is 0 Å². The van der Waals surface area contributed by atoms with E-state index in [0.717, 1.165) is 10.5 Å². The lowest BCUT2D eigenvalue weighted by Crippen LogP contribution is -2.53. The third-order valence-electron chi connectivity index (χ3n) is 6.95. The summed E-state index contributed by atoms with van der Waals surface area (Å²) in [7, 11) is 3.29. The summed E-state index contributed by atoms with van der Waals surface area (Å²) in [6.07, 6.45) is 4.01. The topological polar surface area (TPSA) is 148 Å². The largest absolute Gasteiger partial charge is 0.497 e. The molecule has 1 saturated heterocycles. The molecular weight excluding hydrogens is 544 g/mol. The molecule has 3 atom stereocenters. The predicted molar refractivity (Wildman–Crippen MR) is 157 cm³/mol. The van der Waals surface area contributed by atoms with E-state index in [-0.39, 0.29) is 25.3 Å². The number of carbonyl (C=O) groups excluding carboxylic acids is 4. The highest BCUT2D eigenvalue weighted by molar-refractivity contribution is 7.98. The van der Waals surface area contributed by atoms with Crippen molar-refractivity contribution >= 4 is 41.2 Å².